The molecule has 0 radical (unpaired) electrons. The molecule has 2 aromatic rings. The lowest BCUT2D eigenvalue weighted by molar-refractivity contribution is 0.0755. The van der Waals surface area contributed by atoms with Gasteiger partial charge in [-0.1, -0.05) is 30.7 Å². The van der Waals surface area contributed by atoms with Crippen molar-refractivity contribution in [3.8, 4) is 5.69 Å². The largest absolute Gasteiger partial charge is 0.395 e. The van der Waals surface area contributed by atoms with Gasteiger partial charge >= 0.3 is 0 Å². The van der Waals surface area contributed by atoms with E-state index in [1.807, 2.05) is 25.1 Å². The van der Waals surface area contributed by atoms with Crippen molar-refractivity contribution in [2.75, 3.05) is 20.2 Å². The number of para-hydroxylation sites is 1. The van der Waals surface area contributed by atoms with E-state index in [-0.39, 0.29) is 24.9 Å². The molecule has 22 heavy (non-hydrogen) atoms. The van der Waals surface area contributed by atoms with Gasteiger partial charge in [-0.25, -0.2) is 9.67 Å². The van der Waals surface area contributed by atoms with E-state index in [1.165, 1.54) is 4.90 Å². The molecule has 0 saturated carbocycles. The van der Waals surface area contributed by atoms with Crippen LogP contribution < -0.4 is 0 Å². The minimum atomic E-state index is -0.322. The minimum absolute atomic E-state index is 0.102. The van der Waals surface area contributed by atoms with Crippen LogP contribution in [-0.2, 0) is 6.42 Å². The first-order chi connectivity index (χ1) is 10.6. The Morgan fingerprint density at radius 1 is 1.41 bits per heavy atom. The molecule has 0 unspecified atom stereocenters. The zero-order valence-corrected chi connectivity index (χ0v) is 13.4. The van der Waals surface area contributed by atoms with Gasteiger partial charge in [-0.15, -0.1) is 5.10 Å². The van der Waals surface area contributed by atoms with Gasteiger partial charge in [0.1, 0.15) is 5.82 Å². The number of aliphatic hydroxyl groups is 1. The highest BCUT2D eigenvalue weighted by Gasteiger charge is 2.20. The molecule has 1 amide bonds. The first-order valence-corrected chi connectivity index (χ1v) is 7.53. The van der Waals surface area contributed by atoms with E-state index in [1.54, 1.807) is 17.8 Å². The van der Waals surface area contributed by atoms with Crippen LogP contribution >= 0.6 is 11.6 Å². The van der Waals surface area contributed by atoms with Crippen molar-refractivity contribution in [1.82, 2.24) is 19.7 Å². The van der Waals surface area contributed by atoms with Gasteiger partial charge in [-0.05, 0) is 18.6 Å². The molecule has 0 aliphatic heterocycles. The number of benzene rings is 1. The van der Waals surface area contributed by atoms with E-state index >= 15 is 0 Å². The van der Waals surface area contributed by atoms with Gasteiger partial charge in [0.2, 0.25) is 5.82 Å². The highest BCUT2D eigenvalue weighted by molar-refractivity contribution is 6.32. The average molecular weight is 323 g/mol. The van der Waals surface area contributed by atoms with Gasteiger partial charge in [-0.2, -0.15) is 0 Å². The fraction of sp³-hybridized carbons (Fsp3) is 0.400. The Morgan fingerprint density at radius 3 is 2.77 bits per heavy atom. The Kier molecular flexibility index (Phi) is 5.51. The van der Waals surface area contributed by atoms with Crippen molar-refractivity contribution < 1.29 is 9.90 Å². The number of aryl methyl sites for hydroxylation is 1. The zero-order valence-electron chi connectivity index (χ0n) is 12.7. The van der Waals surface area contributed by atoms with Gasteiger partial charge in [0.05, 0.1) is 17.3 Å². The summed E-state index contributed by atoms with van der Waals surface area (Å²) in [5, 5.41) is 13.8. The molecule has 0 bridgehead atoms. The maximum Gasteiger partial charge on any atom is 0.293 e. The molecular weight excluding hydrogens is 304 g/mol. The second kappa shape index (κ2) is 7.38. The van der Waals surface area contributed by atoms with E-state index in [0.717, 1.165) is 6.42 Å². The van der Waals surface area contributed by atoms with Gasteiger partial charge in [0.25, 0.3) is 5.91 Å². The van der Waals surface area contributed by atoms with E-state index in [0.29, 0.717) is 23.0 Å². The molecule has 1 aromatic heterocycles. The maximum absolute atomic E-state index is 12.3. The van der Waals surface area contributed by atoms with Crippen LogP contribution in [0.3, 0.4) is 0 Å². The molecule has 0 spiro atoms. The topological polar surface area (TPSA) is 71.2 Å². The van der Waals surface area contributed by atoms with Crippen molar-refractivity contribution in [1.29, 1.82) is 0 Å². The molecule has 118 valence electrons. The monoisotopic (exact) mass is 322 g/mol. The SMILES string of the molecule is CCCc1nc(C(=O)N(C)CCO)nn1-c1ccccc1Cl. The first-order valence-electron chi connectivity index (χ1n) is 7.15. The summed E-state index contributed by atoms with van der Waals surface area (Å²) in [4.78, 5) is 18.0. The first kappa shape index (κ1) is 16.5. The van der Waals surface area contributed by atoms with Crippen LogP contribution in [0.25, 0.3) is 5.69 Å². The maximum atomic E-state index is 12.3. The number of aliphatic hydroxyl groups excluding tert-OH is 1. The normalized spacial score (nSPS) is 10.7. The molecule has 0 aliphatic rings. The summed E-state index contributed by atoms with van der Waals surface area (Å²) in [6.07, 6.45) is 1.57. The second-order valence-corrected chi connectivity index (χ2v) is 5.32. The Balaban J connectivity index is 2.42. The number of carbonyl (C=O) groups is 1. The standard InChI is InChI=1S/C15H19ClN4O2/c1-3-6-13-17-14(15(22)19(2)9-10-21)18-20(13)12-8-5-4-7-11(12)16/h4-5,7-8,21H,3,6,9-10H2,1-2H3. The van der Waals surface area contributed by atoms with Crippen LogP contribution in [0.4, 0.5) is 0 Å². The van der Waals surface area contributed by atoms with Gasteiger partial charge in [-0.3, -0.25) is 4.79 Å². The lowest BCUT2D eigenvalue weighted by atomic mass is 10.3. The molecule has 6 nitrogen and oxygen atoms in total. The number of amides is 1. The Hall–Kier alpha value is -1.92. The van der Waals surface area contributed by atoms with Gasteiger partial charge in [0.15, 0.2) is 0 Å². The third-order valence-electron chi connectivity index (χ3n) is 3.20. The van der Waals surface area contributed by atoms with Crippen LogP contribution in [-0.4, -0.2) is 50.9 Å². The number of aromatic nitrogens is 3. The molecule has 0 atom stereocenters. The smallest absolute Gasteiger partial charge is 0.293 e. The number of carbonyl (C=O) groups excluding carboxylic acids is 1. The third-order valence-corrected chi connectivity index (χ3v) is 3.52. The molecule has 2 rings (SSSR count). The molecular formula is C15H19ClN4O2. The Bertz CT molecular complexity index is 657. The van der Waals surface area contributed by atoms with Crippen LogP contribution in [0, 0.1) is 0 Å². The fourth-order valence-electron chi connectivity index (χ4n) is 2.06. The Labute approximate surface area is 134 Å². The highest BCUT2D eigenvalue weighted by Crippen LogP contribution is 2.21. The van der Waals surface area contributed by atoms with Crippen molar-refractivity contribution in [3.05, 3.63) is 40.9 Å². The zero-order chi connectivity index (χ0) is 16.1. The molecule has 0 saturated heterocycles. The van der Waals surface area contributed by atoms with Crippen molar-refractivity contribution >= 4 is 17.5 Å². The third kappa shape index (κ3) is 3.45. The van der Waals surface area contributed by atoms with E-state index in [9.17, 15) is 4.79 Å². The average Bonchev–Trinajstić information content (AvgIpc) is 2.91. The van der Waals surface area contributed by atoms with E-state index in [4.69, 9.17) is 16.7 Å². The summed E-state index contributed by atoms with van der Waals surface area (Å²) in [5.41, 5.74) is 0.698. The number of hydrogen-bond acceptors (Lipinski definition) is 4. The summed E-state index contributed by atoms with van der Waals surface area (Å²) in [6, 6.07) is 7.30. The second-order valence-electron chi connectivity index (χ2n) is 4.92. The quantitative estimate of drug-likeness (QED) is 0.882. The lowest BCUT2D eigenvalue weighted by Gasteiger charge is -2.12. The number of halogens is 1. The summed E-state index contributed by atoms with van der Waals surface area (Å²) >= 11 is 6.21. The minimum Gasteiger partial charge on any atom is -0.395 e. The van der Waals surface area contributed by atoms with Crippen LogP contribution in [0.5, 0.6) is 0 Å². The van der Waals surface area contributed by atoms with Crippen molar-refractivity contribution in [2.45, 2.75) is 19.8 Å². The molecule has 0 fully saturated rings. The van der Waals surface area contributed by atoms with Crippen molar-refractivity contribution in [2.24, 2.45) is 0 Å². The summed E-state index contributed by atoms with van der Waals surface area (Å²) in [6.45, 7) is 2.17. The van der Waals surface area contributed by atoms with Gasteiger partial charge in [0, 0.05) is 20.0 Å². The predicted molar refractivity (Wildman–Crippen MR) is 84.4 cm³/mol. The molecule has 0 aliphatic carbocycles. The number of hydrogen-bond donors (Lipinski definition) is 1. The summed E-state index contributed by atoms with van der Waals surface area (Å²) in [7, 11) is 1.61. The van der Waals surface area contributed by atoms with Crippen LogP contribution in [0.2, 0.25) is 5.02 Å². The van der Waals surface area contributed by atoms with E-state index in [2.05, 4.69) is 10.1 Å². The molecule has 1 N–H and O–H groups in total. The highest BCUT2D eigenvalue weighted by atomic mass is 35.5. The number of rotatable bonds is 6. The summed E-state index contributed by atoms with van der Waals surface area (Å²) in [5.74, 6) is 0.480. The number of likely N-dealkylation sites (N-methyl/N-ethyl adjacent to an activating group) is 1. The fourth-order valence-corrected chi connectivity index (χ4v) is 2.27. The van der Waals surface area contributed by atoms with E-state index < -0.39 is 0 Å². The van der Waals surface area contributed by atoms with Crippen molar-refractivity contribution in [3.63, 3.8) is 0 Å². The van der Waals surface area contributed by atoms with Crippen LogP contribution in [0.1, 0.15) is 29.8 Å². The van der Waals surface area contributed by atoms with Crippen LogP contribution in [0.15, 0.2) is 24.3 Å². The van der Waals surface area contributed by atoms with Gasteiger partial charge < -0.3 is 10.0 Å². The number of nitrogens with zero attached hydrogens (tertiary/aromatic N) is 4. The molecule has 1 heterocycles. The molecule has 1 aromatic carbocycles. The Morgan fingerprint density at radius 2 is 2.14 bits per heavy atom. The predicted octanol–water partition coefficient (Wildman–Crippen LogP) is 1.94. The lowest BCUT2D eigenvalue weighted by Crippen LogP contribution is -2.30. The molecule has 7 heteroatoms. The summed E-state index contributed by atoms with van der Waals surface area (Å²) < 4.78 is 1.62.